The Morgan fingerprint density at radius 2 is 1.82 bits per heavy atom. The Morgan fingerprint density at radius 1 is 1.18 bits per heavy atom. The fourth-order valence-corrected chi connectivity index (χ4v) is 3.95. The van der Waals surface area contributed by atoms with E-state index in [2.05, 4.69) is 5.32 Å². The Bertz CT molecular complexity index is 937. The first-order valence-corrected chi connectivity index (χ1v) is 10.4. The number of nitrogens with one attached hydrogen (secondary N) is 1. The summed E-state index contributed by atoms with van der Waals surface area (Å²) in [5.41, 5.74) is 0.663. The van der Waals surface area contributed by atoms with E-state index >= 15 is 0 Å². The van der Waals surface area contributed by atoms with Crippen molar-refractivity contribution in [2.24, 2.45) is 0 Å². The fourth-order valence-electron chi connectivity index (χ4n) is 2.55. The molecule has 1 atom stereocenters. The molecule has 0 aliphatic rings. The molecule has 1 N–H and O–H groups in total. The van der Waals surface area contributed by atoms with Gasteiger partial charge in [-0.05, 0) is 55.3 Å². The molecule has 0 spiro atoms. The van der Waals surface area contributed by atoms with Crippen LogP contribution in [0.3, 0.4) is 0 Å². The van der Waals surface area contributed by atoms with Crippen LogP contribution in [0.2, 0.25) is 5.02 Å². The van der Waals surface area contributed by atoms with Crippen LogP contribution in [0.5, 0.6) is 0 Å². The summed E-state index contributed by atoms with van der Waals surface area (Å²) in [6.45, 7) is 1.87. The van der Waals surface area contributed by atoms with Crippen LogP contribution >= 0.6 is 11.6 Å². The van der Waals surface area contributed by atoms with Crippen molar-refractivity contribution in [2.45, 2.75) is 30.7 Å². The highest BCUT2D eigenvalue weighted by molar-refractivity contribution is 7.89. The zero-order valence-electron chi connectivity index (χ0n) is 15.5. The van der Waals surface area contributed by atoms with Crippen molar-refractivity contribution < 1.29 is 22.0 Å². The molecular formula is C19H21ClF2N2O3S. The topological polar surface area (TPSA) is 66.5 Å². The number of halogens is 3. The third-order valence-corrected chi connectivity index (χ3v) is 6.38. The lowest BCUT2D eigenvalue weighted by atomic mass is 10.1. The number of rotatable bonds is 8. The van der Waals surface area contributed by atoms with Crippen molar-refractivity contribution in [2.75, 3.05) is 13.6 Å². The average Bonchev–Trinajstić information content (AvgIpc) is 2.64. The normalized spacial score (nSPS) is 12.8. The molecule has 0 radical (unpaired) electrons. The van der Waals surface area contributed by atoms with Crippen LogP contribution in [0.4, 0.5) is 8.78 Å². The Kier molecular flexibility index (Phi) is 7.51. The predicted octanol–water partition coefficient (Wildman–Crippen LogP) is 3.90. The fraction of sp³-hybridized carbons (Fsp3) is 0.316. The number of hydrogen-bond acceptors (Lipinski definition) is 3. The Balaban J connectivity index is 1.85. The summed E-state index contributed by atoms with van der Waals surface area (Å²) in [5.74, 6) is -1.32. The van der Waals surface area contributed by atoms with E-state index < -0.39 is 21.7 Å². The zero-order valence-corrected chi connectivity index (χ0v) is 17.0. The molecule has 0 bridgehead atoms. The van der Waals surface area contributed by atoms with E-state index in [-0.39, 0.29) is 34.8 Å². The molecule has 0 saturated heterocycles. The third kappa shape index (κ3) is 5.73. The monoisotopic (exact) mass is 430 g/mol. The van der Waals surface area contributed by atoms with Gasteiger partial charge in [0.05, 0.1) is 16.0 Å². The van der Waals surface area contributed by atoms with E-state index in [4.69, 9.17) is 11.6 Å². The van der Waals surface area contributed by atoms with Gasteiger partial charge in [0.15, 0.2) is 0 Å². The molecule has 0 saturated carbocycles. The van der Waals surface area contributed by atoms with Gasteiger partial charge in [-0.1, -0.05) is 17.7 Å². The number of carbonyl (C=O) groups is 1. The molecule has 152 valence electrons. The summed E-state index contributed by atoms with van der Waals surface area (Å²) in [6, 6.07) is 8.41. The van der Waals surface area contributed by atoms with E-state index in [9.17, 15) is 22.0 Å². The van der Waals surface area contributed by atoms with Gasteiger partial charge in [-0.15, -0.1) is 0 Å². The van der Waals surface area contributed by atoms with Crippen molar-refractivity contribution in [1.82, 2.24) is 9.62 Å². The number of amides is 1. The van der Waals surface area contributed by atoms with Gasteiger partial charge in [0.25, 0.3) is 0 Å². The molecule has 0 aromatic heterocycles. The molecule has 0 fully saturated rings. The summed E-state index contributed by atoms with van der Waals surface area (Å²) in [6.07, 6.45) is 0.419. The SMILES string of the molecule is CC(NC(=O)CCCN(C)S(=O)(=O)c1ccc(F)cc1)c1ccc(F)c(Cl)c1. The van der Waals surface area contributed by atoms with Gasteiger partial charge in [0.2, 0.25) is 15.9 Å². The molecule has 0 aliphatic carbocycles. The minimum atomic E-state index is -3.74. The minimum absolute atomic E-state index is 0.0114. The van der Waals surface area contributed by atoms with E-state index in [1.54, 1.807) is 6.92 Å². The summed E-state index contributed by atoms with van der Waals surface area (Å²) in [7, 11) is -2.34. The van der Waals surface area contributed by atoms with Gasteiger partial charge < -0.3 is 5.32 Å². The molecule has 5 nitrogen and oxygen atoms in total. The van der Waals surface area contributed by atoms with Crippen molar-refractivity contribution >= 4 is 27.5 Å². The molecule has 9 heteroatoms. The molecule has 2 aromatic rings. The van der Waals surface area contributed by atoms with Gasteiger partial charge in [0.1, 0.15) is 11.6 Å². The predicted molar refractivity (Wildman–Crippen MR) is 103 cm³/mol. The van der Waals surface area contributed by atoms with Crippen LogP contribution in [0, 0.1) is 11.6 Å². The van der Waals surface area contributed by atoms with E-state index in [0.717, 1.165) is 16.4 Å². The highest BCUT2D eigenvalue weighted by Gasteiger charge is 2.20. The number of sulfonamides is 1. The molecule has 0 aliphatic heterocycles. The Morgan fingerprint density at radius 3 is 2.43 bits per heavy atom. The lowest BCUT2D eigenvalue weighted by Crippen LogP contribution is -2.30. The van der Waals surface area contributed by atoms with Crippen molar-refractivity contribution in [3.05, 3.63) is 64.7 Å². The van der Waals surface area contributed by atoms with Gasteiger partial charge in [0, 0.05) is 20.0 Å². The second kappa shape index (κ2) is 9.45. The van der Waals surface area contributed by atoms with Gasteiger partial charge in [-0.25, -0.2) is 21.5 Å². The molecule has 2 rings (SSSR count). The quantitative estimate of drug-likeness (QED) is 0.690. The number of nitrogens with zero attached hydrogens (tertiary/aromatic N) is 1. The molecule has 1 unspecified atom stereocenters. The summed E-state index contributed by atoms with van der Waals surface area (Å²) < 4.78 is 52.1. The van der Waals surface area contributed by atoms with Crippen LogP contribution in [-0.2, 0) is 14.8 Å². The lowest BCUT2D eigenvalue weighted by molar-refractivity contribution is -0.121. The van der Waals surface area contributed by atoms with E-state index in [1.165, 1.54) is 37.4 Å². The summed E-state index contributed by atoms with van der Waals surface area (Å²) in [5, 5.41) is 2.74. The summed E-state index contributed by atoms with van der Waals surface area (Å²) in [4.78, 5) is 12.1. The number of benzene rings is 2. The first kappa shape index (κ1) is 22.3. The maximum Gasteiger partial charge on any atom is 0.242 e. The smallest absolute Gasteiger partial charge is 0.242 e. The molecular weight excluding hydrogens is 410 g/mol. The standard InChI is InChI=1S/C19H21ClF2N2O3S/c1-13(14-5-10-18(22)17(20)12-14)23-19(25)4-3-11-24(2)28(26,27)16-8-6-15(21)7-9-16/h5-10,12-13H,3-4,11H2,1-2H3,(H,23,25). The maximum absolute atomic E-state index is 13.2. The molecule has 0 heterocycles. The van der Waals surface area contributed by atoms with Crippen molar-refractivity contribution in [1.29, 1.82) is 0 Å². The molecule has 2 aromatic carbocycles. The zero-order chi connectivity index (χ0) is 20.9. The van der Waals surface area contributed by atoms with Gasteiger partial charge in [-0.3, -0.25) is 4.79 Å². The Labute approximate surface area is 168 Å². The minimum Gasteiger partial charge on any atom is -0.350 e. The molecule has 1 amide bonds. The van der Waals surface area contributed by atoms with Crippen molar-refractivity contribution in [3.8, 4) is 0 Å². The largest absolute Gasteiger partial charge is 0.350 e. The lowest BCUT2D eigenvalue weighted by Gasteiger charge is -2.18. The highest BCUT2D eigenvalue weighted by atomic mass is 35.5. The first-order chi connectivity index (χ1) is 13.1. The number of hydrogen-bond donors (Lipinski definition) is 1. The second-order valence-corrected chi connectivity index (χ2v) is 8.80. The Hall–Kier alpha value is -2.03. The third-order valence-electron chi connectivity index (χ3n) is 4.22. The van der Waals surface area contributed by atoms with E-state index in [0.29, 0.717) is 12.0 Å². The van der Waals surface area contributed by atoms with E-state index in [1.807, 2.05) is 0 Å². The molecule has 28 heavy (non-hydrogen) atoms. The van der Waals surface area contributed by atoms with Gasteiger partial charge in [-0.2, -0.15) is 0 Å². The summed E-state index contributed by atoms with van der Waals surface area (Å²) >= 11 is 5.74. The second-order valence-electron chi connectivity index (χ2n) is 6.35. The van der Waals surface area contributed by atoms with Crippen LogP contribution in [0.25, 0.3) is 0 Å². The average molecular weight is 431 g/mol. The van der Waals surface area contributed by atoms with Gasteiger partial charge >= 0.3 is 0 Å². The van der Waals surface area contributed by atoms with Crippen molar-refractivity contribution in [3.63, 3.8) is 0 Å². The maximum atomic E-state index is 13.2. The van der Waals surface area contributed by atoms with Crippen LogP contribution in [-0.4, -0.2) is 32.2 Å². The highest BCUT2D eigenvalue weighted by Crippen LogP contribution is 2.21. The first-order valence-electron chi connectivity index (χ1n) is 8.57. The van der Waals surface area contributed by atoms with Crippen LogP contribution in [0.15, 0.2) is 47.4 Å². The van der Waals surface area contributed by atoms with Crippen LogP contribution < -0.4 is 5.32 Å². The number of carbonyl (C=O) groups excluding carboxylic acids is 1. The van der Waals surface area contributed by atoms with Crippen LogP contribution in [0.1, 0.15) is 31.4 Å².